The molecule has 1 heterocycles. The third kappa shape index (κ3) is 29.9. The van der Waals surface area contributed by atoms with Crippen molar-refractivity contribution in [2.75, 3.05) is 19.8 Å². The zero-order valence-electron chi connectivity index (χ0n) is 37.5. The Morgan fingerprint density at radius 1 is 0.610 bits per heavy atom. The van der Waals surface area contributed by atoms with Gasteiger partial charge in [-0.1, -0.05) is 167 Å². The fraction of sp³-hybridized carbons (Fsp3) is 0.875. The number of hydrogen-bond donors (Lipinski definition) is 6. The van der Waals surface area contributed by atoms with E-state index in [0.29, 0.717) is 19.4 Å². The van der Waals surface area contributed by atoms with Crippen LogP contribution in [-0.2, 0) is 23.8 Å². The number of nitrogens with one attached hydrogen (secondary N) is 1. The molecule has 0 radical (unpaired) electrons. The van der Waals surface area contributed by atoms with E-state index in [1.165, 1.54) is 109 Å². The van der Waals surface area contributed by atoms with Crippen LogP contribution in [0.25, 0.3) is 0 Å². The Bertz CT molecular complexity index is 1040. The van der Waals surface area contributed by atoms with Crippen LogP contribution in [0, 0.1) is 0 Å². The SMILES string of the molecule is CCCC/C=C\CCCCCCCC(=O)OCCCCCCCCCCCCCC(=O)NC(COC1OC(CO)C(O)C(O)C1O)C(O)/C=C/CCCCCCCCC. The molecule has 11 heteroatoms. The summed E-state index contributed by atoms with van der Waals surface area (Å²) in [7, 11) is 0. The molecule has 7 unspecified atom stereocenters. The van der Waals surface area contributed by atoms with Crippen molar-refractivity contribution in [2.45, 2.75) is 249 Å². The average Bonchev–Trinajstić information content (AvgIpc) is 3.23. The van der Waals surface area contributed by atoms with Gasteiger partial charge in [-0.15, -0.1) is 0 Å². The van der Waals surface area contributed by atoms with E-state index in [-0.39, 0.29) is 18.5 Å². The molecular weight excluding hydrogens is 751 g/mol. The van der Waals surface area contributed by atoms with Gasteiger partial charge in [0.05, 0.1) is 32.0 Å². The Morgan fingerprint density at radius 3 is 1.68 bits per heavy atom. The fourth-order valence-corrected chi connectivity index (χ4v) is 7.35. The van der Waals surface area contributed by atoms with Crippen LogP contribution in [0.15, 0.2) is 24.3 Å². The summed E-state index contributed by atoms with van der Waals surface area (Å²) in [6.07, 6.45) is 32.5. The summed E-state index contributed by atoms with van der Waals surface area (Å²) >= 11 is 0. The van der Waals surface area contributed by atoms with Gasteiger partial charge in [-0.05, 0) is 51.4 Å². The van der Waals surface area contributed by atoms with E-state index >= 15 is 0 Å². The number of allylic oxidation sites excluding steroid dienone is 3. The maximum atomic E-state index is 12.9. The van der Waals surface area contributed by atoms with Gasteiger partial charge in [0.1, 0.15) is 24.4 Å². The highest BCUT2D eigenvalue weighted by Crippen LogP contribution is 2.22. The number of aliphatic hydroxyl groups excluding tert-OH is 5. The lowest BCUT2D eigenvalue weighted by Gasteiger charge is -2.40. The first-order valence-electron chi connectivity index (χ1n) is 24.1. The topological polar surface area (TPSA) is 175 Å². The van der Waals surface area contributed by atoms with Gasteiger partial charge in [0.25, 0.3) is 0 Å². The zero-order chi connectivity index (χ0) is 43.2. The Balaban J connectivity index is 2.19. The van der Waals surface area contributed by atoms with Crippen LogP contribution in [0.3, 0.4) is 0 Å². The van der Waals surface area contributed by atoms with Gasteiger partial charge in [-0.3, -0.25) is 9.59 Å². The van der Waals surface area contributed by atoms with Crippen molar-refractivity contribution in [1.82, 2.24) is 5.32 Å². The molecule has 1 fully saturated rings. The van der Waals surface area contributed by atoms with Crippen molar-refractivity contribution in [3.63, 3.8) is 0 Å². The molecule has 0 aromatic heterocycles. The first-order chi connectivity index (χ1) is 28.7. The summed E-state index contributed by atoms with van der Waals surface area (Å²) < 4.78 is 16.6. The highest BCUT2D eigenvalue weighted by Gasteiger charge is 2.44. The number of unbranched alkanes of at least 4 members (excludes halogenated alkanes) is 24. The Morgan fingerprint density at radius 2 is 1.10 bits per heavy atom. The molecule has 0 bridgehead atoms. The first-order valence-corrected chi connectivity index (χ1v) is 24.1. The molecule has 1 aliphatic heterocycles. The molecule has 1 amide bonds. The Kier molecular flexibility index (Phi) is 36.5. The molecular formula is C48H89NO10. The summed E-state index contributed by atoms with van der Waals surface area (Å²) in [6, 6.07) is -0.822. The van der Waals surface area contributed by atoms with Crippen molar-refractivity contribution < 1.29 is 49.3 Å². The number of hydrogen-bond acceptors (Lipinski definition) is 10. The minimum absolute atomic E-state index is 0.0516. The van der Waals surface area contributed by atoms with Crippen LogP contribution in [-0.4, -0.2) is 100 Å². The van der Waals surface area contributed by atoms with Crippen molar-refractivity contribution in [3.05, 3.63) is 24.3 Å². The van der Waals surface area contributed by atoms with Crippen molar-refractivity contribution in [1.29, 1.82) is 0 Å². The molecule has 1 saturated heterocycles. The maximum absolute atomic E-state index is 12.9. The van der Waals surface area contributed by atoms with Crippen molar-refractivity contribution in [3.8, 4) is 0 Å². The molecule has 59 heavy (non-hydrogen) atoms. The van der Waals surface area contributed by atoms with E-state index in [1.54, 1.807) is 6.08 Å². The van der Waals surface area contributed by atoms with Gasteiger partial charge in [0, 0.05) is 12.8 Å². The van der Waals surface area contributed by atoms with Gasteiger partial charge >= 0.3 is 5.97 Å². The number of carbonyl (C=O) groups excluding carboxylic acids is 2. The van der Waals surface area contributed by atoms with Gasteiger partial charge < -0.3 is 45.1 Å². The Hall–Kier alpha value is -1.86. The highest BCUT2D eigenvalue weighted by atomic mass is 16.7. The molecule has 0 aliphatic carbocycles. The number of ether oxygens (including phenoxy) is 3. The summed E-state index contributed by atoms with van der Waals surface area (Å²) in [6.45, 7) is 4.19. The average molecular weight is 840 g/mol. The number of carbonyl (C=O) groups is 2. The smallest absolute Gasteiger partial charge is 0.305 e. The van der Waals surface area contributed by atoms with Crippen LogP contribution >= 0.6 is 0 Å². The van der Waals surface area contributed by atoms with Crippen LogP contribution in [0.4, 0.5) is 0 Å². The maximum Gasteiger partial charge on any atom is 0.305 e. The first kappa shape index (κ1) is 55.2. The monoisotopic (exact) mass is 840 g/mol. The molecule has 0 aromatic rings. The number of amides is 1. The third-order valence-corrected chi connectivity index (χ3v) is 11.3. The predicted molar refractivity (Wildman–Crippen MR) is 237 cm³/mol. The van der Waals surface area contributed by atoms with Crippen molar-refractivity contribution in [2.24, 2.45) is 0 Å². The summed E-state index contributed by atoms with van der Waals surface area (Å²) in [4.78, 5) is 24.9. The lowest BCUT2D eigenvalue weighted by molar-refractivity contribution is -0.302. The third-order valence-electron chi connectivity index (χ3n) is 11.3. The lowest BCUT2D eigenvalue weighted by atomic mass is 9.99. The fourth-order valence-electron chi connectivity index (χ4n) is 7.35. The predicted octanol–water partition coefficient (Wildman–Crippen LogP) is 9.05. The highest BCUT2D eigenvalue weighted by molar-refractivity contribution is 5.76. The van der Waals surface area contributed by atoms with E-state index in [4.69, 9.17) is 14.2 Å². The summed E-state index contributed by atoms with van der Waals surface area (Å²) in [5, 5.41) is 54.0. The lowest BCUT2D eigenvalue weighted by Crippen LogP contribution is -2.60. The molecule has 0 spiro atoms. The number of esters is 1. The summed E-state index contributed by atoms with van der Waals surface area (Å²) in [5.74, 6) is -0.256. The second-order valence-electron chi connectivity index (χ2n) is 16.8. The largest absolute Gasteiger partial charge is 0.466 e. The zero-order valence-corrected chi connectivity index (χ0v) is 37.5. The number of aliphatic hydroxyl groups is 5. The standard InChI is InChI=1S/C48H89NO10/c1-3-5-7-9-11-13-15-20-24-28-32-36-44(53)57-37-33-29-25-21-17-14-16-19-23-27-31-35-43(52)49-40(41(51)34-30-26-22-18-12-10-8-6-4-2)39-58-48-47(56)46(55)45(54)42(38-50)59-48/h9,11,30,34,40-42,45-48,50-51,54-56H,3-8,10,12-29,31-33,35-39H2,1-2H3,(H,49,52)/b11-9-,34-30+. The van der Waals surface area contributed by atoms with E-state index in [9.17, 15) is 35.1 Å². The minimum Gasteiger partial charge on any atom is -0.466 e. The quantitative estimate of drug-likeness (QED) is 0.0198. The van der Waals surface area contributed by atoms with Gasteiger partial charge in [0.15, 0.2) is 6.29 Å². The number of rotatable bonds is 40. The molecule has 346 valence electrons. The molecule has 7 atom stereocenters. The van der Waals surface area contributed by atoms with Crippen LogP contribution in [0.1, 0.15) is 206 Å². The van der Waals surface area contributed by atoms with Gasteiger partial charge in [-0.25, -0.2) is 0 Å². The molecule has 11 nitrogen and oxygen atoms in total. The van der Waals surface area contributed by atoms with Crippen LogP contribution in [0.2, 0.25) is 0 Å². The van der Waals surface area contributed by atoms with Gasteiger partial charge in [0.2, 0.25) is 5.91 Å². The minimum atomic E-state index is -1.58. The second-order valence-corrected chi connectivity index (χ2v) is 16.8. The molecule has 1 aliphatic rings. The molecule has 0 aromatic carbocycles. The van der Waals surface area contributed by atoms with E-state index in [0.717, 1.165) is 70.6 Å². The van der Waals surface area contributed by atoms with E-state index in [1.807, 2.05) is 6.08 Å². The van der Waals surface area contributed by atoms with E-state index < -0.39 is 49.5 Å². The summed E-state index contributed by atoms with van der Waals surface area (Å²) in [5.41, 5.74) is 0. The second kappa shape index (κ2) is 39.0. The molecule has 1 rings (SSSR count). The van der Waals surface area contributed by atoms with E-state index in [2.05, 4.69) is 31.3 Å². The van der Waals surface area contributed by atoms with Crippen LogP contribution < -0.4 is 5.32 Å². The van der Waals surface area contributed by atoms with Crippen LogP contribution in [0.5, 0.6) is 0 Å². The van der Waals surface area contributed by atoms with Gasteiger partial charge in [-0.2, -0.15) is 0 Å². The normalized spacial score (nSPS) is 20.7. The molecule has 0 saturated carbocycles. The van der Waals surface area contributed by atoms with Crippen molar-refractivity contribution >= 4 is 11.9 Å². The molecule has 6 N–H and O–H groups in total. The Labute approximate surface area is 359 Å².